The third kappa shape index (κ3) is 8.68. The number of guanidine groups is 1. The van der Waals surface area contributed by atoms with Gasteiger partial charge in [-0.1, -0.05) is 0 Å². The van der Waals surface area contributed by atoms with Crippen molar-refractivity contribution in [2.24, 2.45) is 10.9 Å². The van der Waals surface area contributed by atoms with Crippen LogP contribution in [0, 0.1) is 11.7 Å². The Balaban J connectivity index is 0.00000338. The van der Waals surface area contributed by atoms with Crippen LogP contribution in [0.2, 0.25) is 0 Å². The number of hydrogen-bond donors (Lipinski definition) is 3. The Bertz CT molecular complexity index is 579. The van der Waals surface area contributed by atoms with Crippen LogP contribution in [0.3, 0.4) is 0 Å². The van der Waals surface area contributed by atoms with E-state index >= 15 is 0 Å². The first kappa shape index (κ1) is 22.5. The predicted molar refractivity (Wildman–Crippen MR) is 112 cm³/mol. The summed E-state index contributed by atoms with van der Waals surface area (Å²) >= 11 is 0. The van der Waals surface area contributed by atoms with E-state index in [1.54, 1.807) is 12.1 Å². The Morgan fingerprint density at radius 1 is 1.23 bits per heavy atom. The summed E-state index contributed by atoms with van der Waals surface area (Å²) in [4.78, 5) is 16.0. The molecule has 0 aliphatic heterocycles. The lowest BCUT2D eigenvalue weighted by Crippen LogP contribution is -2.42. The highest BCUT2D eigenvalue weighted by Gasteiger charge is 2.28. The number of nitrogens with one attached hydrogen (secondary N) is 3. The average Bonchev–Trinajstić information content (AvgIpc) is 3.43. The first-order valence-corrected chi connectivity index (χ1v) is 8.80. The fourth-order valence-corrected chi connectivity index (χ4v) is 2.20. The van der Waals surface area contributed by atoms with Gasteiger partial charge < -0.3 is 20.7 Å². The van der Waals surface area contributed by atoms with Crippen LogP contribution in [0.25, 0.3) is 0 Å². The predicted octanol–water partition coefficient (Wildman–Crippen LogP) is 2.29. The third-order valence-electron chi connectivity index (χ3n) is 3.67. The molecular weight excluding hydrogens is 450 g/mol. The molecule has 1 fully saturated rings. The minimum absolute atomic E-state index is 0. The van der Waals surface area contributed by atoms with Crippen molar-refractivity contribution in [3.63, 3.8) is 0 Å². The van der Waals surface area contributed by atoms with E-state index in [4.69, 9.17) is 4.74 Å². The minimum atomic E-state index is -0.287. The number of halogens is 2. The fraction of sp³-hybridized carbons (Fsp3) is 0.556. The Labute approximate surface area is 171 Å². The average molecular weight is 478 g/mol. The molecule has 3 N–H and O–H groups in total. The van der Waals surface area contributed by atoms with Gasteiger partial charge in [0.05, 0.1) is 6.54 Å². The summed E-state index contributed by atoms with van der Waals surface area (Å²) in [6.07, 6.45) is 1.88. The van der Waals surface area contributed by atoms with Crippen molar-refractivity contribution in [1.82, 2.24) is 16.0 Å². The van der Waals surface area contributed by atoms with Gasteiger partial charge in [0, 0.05) is 25.6 Å². The monoisotopic (exact) mass is 478 g/mol. The normalized spacial score (nSPS) is 14.8. The zero-order chi connectivity index (χ0) is 18.1. The van der Waals surface area contributed by atoms with Gasteiger partial charge in [0.1, 0.15) is 17.7 Å². The molecule has 1 saturated carbocycles. The lowest BCUT2D eigenvalue weighted by Gasteiger charge is -2.15. The van der Waals surface area contributed by atoms with Crippen molar-refractivity contribution in [2.45, 2.75) is 32.8 Å². The van der Waals surface area contributed by atoms with E-state index in [9.17, 15) is 9.18 Å². The second-order valence-electron chi connectivity index (χ2n) is 6.09. The highest BCUT2D eigenvalue weighted by Crippen LogP contribution is 2.28. The molecule has 0 bridgehead atoms. The second-order valence-corrected chi connectivity index (χ2v) is 6.09. The summed E-state index contributed by atoms with van der Waals surface area (Å²) in [7, 11) is 0. The van der Waals surface area contributed by atoms with E-state index in [1.165, 1.54) is 12.1 Å². The van der Waals surface area contributed by atoms with Crippen LogP contribution in [0.5, 0.6) is 5.75 Å². The standard InChI is InChI=1S/C18H27FN4O2.HI/c1-3-20-18(22-11-10-21-17(24)14-4-5-14)23-12-13(2)25-16-8-6-15(19)7-9-16;/h6-9,13-14H,3-5,10-12H2,1-2H3,(H,21,24)(H2,20,22,23);1H. The smallest absolute Gasteiger partial charge is 0.223 e. The van der Waals surface area contributed by atoms with Gasteiger partial charge in [-0.25, -0.2) is 9.38 Å². The second kappa shape index (κ2) is 11.9. The van der Waals surface area contributed by atoms with Crippen molar-refractivity contribution in [3.05, 3.63) is 30.1 Å². The van der Waals surface area contributed by atoms with Crippen LogP contribution in [-0.4, -0.2) is 44.1 Å². The number of nitrogens with zero attached hydrogens (tertiary/aromatic N) is 1. The molecule has 1 atom stereocenters. The Morgan fingerprint density at radius 3 is 2.50 bits per heavy atom. The van der Waals surface area contributed by atoms with Crippen molar-refractivity contribution in [1.29, 1.82) is 0 Å². The van der Waals surface area contributed by atoms with Crippen molar-refractivity contribution < 1.29 is 13.9 Å². The van der Waals surface area contributed by atoms with Crippen LogP contribution in [0.4, 0.5) is 4.39 Å². The minimum Gasteiger partial charge on any atom is -0.489 e. The molecule has 0 saturated heterocycles. The Morgan fingerprint density at radius 2 is 1.88 bits per heavy atom. The van der Waals surface area contributed by atoms with Crippen LogP contribution >= 0.6 is 24.0 Å². The van der Waals surface area contributed by atoms with Gasteiger partial charge in [0.15, 0.2) is 5.96 Å². The molecule has 2 rings (SSSR count). The largest absolute Gasteiger partial charge is 0.489 e. The molecule has 0 heterocycles. The number of hydrogen-bond acceptors (Lipinski definition) is 3. The molecule has 1 aromatic carbocycles. The molecular formula is C18H28FIN4O2. The fourth-order valence-electron chi connectivity index (χ4n) is 2.20. The van der Waals surface area contributed by atoms with Crippen LogP contribution in [0.15, 0.2) is 29.3 Å². The summed E-state index contributed by atoms with van der Waals surface area (Å²) in [6, 6.07) is 5.93. The Kier molecular flexibility index (Phi) is 10.3. The Hall–Kier alpha value is -1.58. The van der Waals surface area contributed by atoms with Gasteiger partial charge in [-0.3, -0.25) is 4.79 Å². The van der Waals surface area contributed by atoms with Crippen LogP contribution in [-0.2, 0) is 4.79 Å². The molecule has 26 heavy (non-hydrogen) atoms. The summed E-state index contributed by atoms with van der Waals surface area (Å²) in [6.45, 7) is 6.28. The maximum Gasteiger partial charge on any atom is 0.223 e. The molecule has 0 aromatic heterocycles. The van der Waals surface area contributed by atoms with Gasteiger partial charge in [0.2, 0.25) is 5.91 Å². The summed E-state index contributed by atoms with van der Waals surface area (Å²) in [5.74, 6) is 1.38. The molecule has 146 valence electrons. The third-order valence-corrected chi connectivity index (χ3v) is 3.67. The lowest BCUT2D eigenvalue weighted by atomic mass is 10.3. The number of amides is 1. The molecule has 1 aliphatic rings. The molecule has 1 unspecified atom stereocenters. The van der Waals surface area contributed by atoms with Crippen molar-refractivity contribution in [2.75, 3.05) is 26.2 Å². The van der Waals surface area contributed by atoms with E-state index in [-0.39, 0.29) is 47.7 Å². The van der Waals surface area contributed by atoms with E-state index in [0.717, 1.165) is 19.4 Å². The molecule has 6 nitrogen and oxygen atoms in total. The summed E-state index contributed by atoms with van der Waals surface area (Å²) < 4.78 is 18.6. The van der Waals surface area contributed by atoms with Gasteiger partial charge in [-0.05, 0) is 51.0 Å². The number of ether oxygens (including phenoxy) is 1. The quantitative estimate of drug-likeness (QED) is 0.221. The van der Waals surface area contributed by atoms with Gasteiger partial charge >= 0.3 is 0 Å². The van der Waals surface area contributed by atoms with E-state index < -0.39 is 0 Å². The molecule has 0 radical (unpaired) electrons. The van der Waals surface area contributed by atoms with Gasteiger partial charge in [0.25, 0.3) is 0 Å². The van der Waals surface area contributed by atoms with Crippen molar-refractivity contribution >= 4 is 35.8 Å². The zero-order valence-electron chi connectivity index (χ0n) is 15.3. The zero-order valence-corrected chi connectivity index (χ0v) is 17.6. The van der Waals surface area contributed by atoms with E-state index in [0.29, 0.717) is 31.3 Å². The SMILES string of the molecule is CCNC(=NCC(C)Oc1ccc(F)cc1)NCCNC(=O)C1CC1.I. The maximum atomic E-state index is 12.9. The number of carbonyl (C=O) groups excluding carboxylic acids is 1. The summed E-state index contributed by atoms with van der Waals surface area (Å²) in [5.41, 5.74) is 0. The topological polar surface area (TPSA) is 74.8 Å². The first-order valence-electron chi connectivity index (χ1n) is 8.80. The number of aliphatic imine (C=N–C) groups is 1. The maximum absolute atomic E-state index is 12.9. The summed E-state index contributed by atoms with van der Waals surface area (Å²) in [5, 5.41) is 9.24. The molecule has 1 amide bonds. The highest BCUT2D eigenvalue weighted by molar-refractivity contribution is 14.0. The van der Waals surface area contributed by atoms with Gasteiger partial charge in [-0.15, -0.1) is 24.0 Å². The number of rotatable bonds is 9. The molecule has 1 aromatic rings. The highest BCUT2D eigenvalue weighted by atomic mass is 127. The van der Waals surface area contributed by atoms with Crippen molar-refractivity contribution in [3.8, 4) is 5.75 Å². The first-order chi connectivity index (χ1) is 12.1. The van der Waals surface area contributed by atoms with Crippen LogP contribution in [0.1, 0.15) is 26.7 Å². The molecule has 1 aliphatic carbocycles. The molecule has 8 heteroatoms. The van der Waals surface area contributed by atoms with Gasteiger partial charge in [-0.2, -0.15) is 0 Å². The molecule has 0 spiro atoms. The number of carbonyl (C=O) groups is 1. The lowest BCUT2D eigenvalue weighted by molar-refractivity contribution is -0.122. The van der Waals surface area contributed by atoms with Crippen LogP contribution < -0.4 is 20.7 Å². The van der Waals surface area contributed by atoms with E-state index in [1.807, 2.05) is 13.8 Å². The number of benzene rings is 1. The van der Waals surface area contributed by atoms with E-state index in [2.05, 4.69) is 20.9 Å².